The molecule has 1 heterocycles. The van der Waals surface area contributed by atoms with Crippen LogP contribution in [0.25, 0.3) is 0 Å². The van der Waals surface area contributed by atoms with Gasteiger partial charge in [-0.25, -0.2) is 8.78 Å². The largest absolute Gasteiger partial charge is 0.481 e. The van der Waals surface area contributed by atoms with E-state index in [-0.39, 0.29) is 0 Å². The van der Waals surface area contributed by atoms with Gasteiger partial charge in [0.2, 0.25) is 0 Å². The van der Waals surface area contributed by atoms with Gasteiger partial charge in [-0.05, 0) is 0 Å². The van der Waals surface area contributed by atoms with E-state index in [1.165, 1.54) is 4.90 Å². The lowest BCUT2D eigenvalue weighted by molar-refractivity contribution is -0.141. The van der Waals surface area contributed by atoms with Gasteiger partial charge in [0.05, 0.1) is 25.7 Å². The van der Waals surface area contributed by atoms with Gasteiger partial charge >= 0.3 is 5.97 Å². The quantitative estimate of drug-likeness (QED) is 0.729. The van der Waals surface area contributed by atoms with E-state index in [1.807, 2.05) is 0 Å². The summed E-state index contributed by atoms with van der Waals surface area (Å²) in [4.78, 5) is 11.8. The molecule has 0 aromatic rings. The molecule has 1 atom stereocenters. The first kappa shape index (κ1) is 11.3. The van der Waals surface area contributed by atoms with E-state index in [1.54, 1.807) is 0 Å². The first-order valence-electron chi connectivity index (χ1n) is 4.43. The molecule has 82 valence electrons. The van der Waals surface area contributed by atoms with Crippen LogP contribution in [0.15, 0.2) is 0 Å². The number of rotatable bonds is 4. The molecule has 1 aliphatic heterocycles. The molecule has 1 aliphatic rings. The Hall–Kier alpha value is -0.750. The van der Waals surface area contributed by atoms with Crippen molar-refractivity contribution >= 4 is 5.97 Å². The lowest BCUT2D eigenvalue weighted by Crippen LogP contribution is -2.47. The second-order valence-electron chi connectivity index (χ2n) is 3.15. The van der Waals surface area contributed by atoms with Crippen LogP contribution < -0.4 is 0 Å². The average Bonchev–Trinajstić information content (AvgIpc) is 2.15. The summed E-state index contributed by atoms with van der Waals surface area (Å²) in [5.74, 6) is -1.19. The lowest BCUT2D eigenvalue weighted by atomic mass is 10.1. The summed E-state index contributed by atoms with van der Waals surface area (Å²) in [5, 5.41) is 8.47. The number of hydrogen-bond donors (Lipinski definition) is 1. The molecule has 0 spiro atoms. The lowest BCUT2D eigenvalue weighted by Gasteiger charge is -2.32. The zero-order valence-corrected chi connectivity index (χ0v) is 7.66. The van der Waals surface area contributed by atoms with Crippen LogP contribution >= 0.6 is 0 Å². The van der Waals surface area contributed by atoms with Crippen LogP contribution in [-0.2, 0) is 9.53 Å². The number of alkyl halides is 2. The molecule has 0 amide bonds. The smallest absolute Gasteiger partial charge is 0.305 e. The number of aliphatic carboxylic acids is 1. The normalized spacial score (nSPS) is 21.1. The third-order valence-corrected chi connectivity index (χ3v) is 2.19. The topological polar surface area (TPSA) is 49.8 Å². The summed E-state index contributed by atoms with van der Waals surface area (Å²) in [6.45, 7) is 1.54. The number of halogens is 2. The first-order valence-corrected chi connectivity index (χ1v) is 4.43. The van der Waals surface area contributed by atoms with Crippen LogP contribution in [0.2, 0.25) is 0 Å². The molecule has 0 saturated carbocycles. The van der Waals surface area contributed by atoms with Crippen molar-refractivity contribution in [3.05, 3.63) is 0 Å². The van der Waals surface area contributed by atoms with Crippen LogP contribution in [0, 0.1) is 0 Å². The molecule has 14 heavy (non-hydrogen) atoms. The highest BCUT2D eigenvalue weighted by Gasteiger charge is 2.30. The maximum atomic E-state index is 12.5. The second-order valence-corrected chi connectivity index (χ2v) is 3.15. The minimum atomic E-state index is -2.62. The first-order chi connectivity index (χ1) is 6.61. The fourth-order valence-electron chi connectivity index (χ4n) is 1.47. The molecule has 4 nitrogen and oxygen atoms in total. The average molecular weight is 209 g/mol. The van der Waals surface area contributed by atoms with Crippen LogP contribution in [0.3, 0.4) is 0 Å². The second kappa shape index (κ2) is 5.21. The molecule has 1 fully saturated rings. The number of carboxylic acids is 1. The third-order valence-electron chi connectivity index (χ3n) is 2.19. The Balaban J connectivity index is 2.51. The number of nitrogens with zero attached hydrogens (tertiary/aromatic N) is 1. The molecular weight excluding hydrogens is 196 g/mol. The highest BCUT2D eigenvalue weighted by Crippen LogP contribution is 2.15. The minimum absolute atomic E-state index is 0.377. The van der Waals surface area contributed by atoms with Crippen molar-refractivity contribution in [2.75, 3.05) is 26.3 Å². The van der Waals surface area contributed by atoms with Crippen LogP contribution in [0.4, 0.5) is 8.78 Å². The van der Waals surface area contributed by atoms with Crippen LogP contribution in [0.1, 0.15) is 6.42 Å². The van der Waals surface area contributed by atoms with Gasteiger partial charge in [0.25, 0.3) is 6.43 Å². The highest BCUT2D eigenvalue weighted by atomic mass is 19.3. The number of morpholine rings is 1. The van der Waals surface area contributed by atoms with Gasteiger partial charge in [-0.15, -0.1) is 0 Å². The van der Waals surface area contributed by atoms with Gasteiger partial charge in [-0.1, -0.05) is 0 Å². The predicted octanol–water partition coefficient (Wildman–Crippen LogP) is 0.427. The van der Waals surface area contributed by atoms with Crippen molar-refractivity contribution in [1.82, 2.24) is 4.90 Å². The standard InChI is InChI=1S/C8H13F2NO3/c9-8(10)6(5-7(12)13)11-1-3-14-4-2-11/h6,8H,1-5H2,(H,12,13). The van der Waals surface area contributed by atoms with E-state index >= 15 is 0 Å². The third kappa shape index (κ3) is 3.19. The fraction of sp³-hybridized carbons (Fsp3) is 0.875. The van der Waals surface area contributed by atoms with E-state index in [0.717, 1.165) is 0 Å². The fourth-order valence-corrected chi connectivity index (χ4v) is 1.47. The molecule has 1 unspecified atom stereocenters. The SMILES string of the molecule is O=C(O)CC(C(F)F)N1CCOCC1. The summed E-state index contributed by atoms with van der Waals surface area (Å²) in [6.07, 6.45) is -3.14. The molecule has 1 saturated heterocycles. The Morgan fingerprint density at radius 2 is 2.00 bits per heavy atom. The van der Waals surface area contributed by atoms with E-state index in [4.69, 9.17) is 9.84 Å². The molecule has 0 bridgehead atoms. The summed E-state index contributed by atoms with van der Waals surface area (Å²) in [6, 6.07) is -1.18. The Kier molecular flexibility index (Phi) is 4.21. The van der Waals surface area contributed by atoms with Gasteiger partial charge < -0.3 is 9.84 Å². The summed E-state index contributed by atoms with van der Waals surface area (Å²) in [7, 11) is 0. The molecule has 1 N–H and O–H groups in total. The number of carbonyl (C=O) groups is 1. The van der Waals surface area contributed by atoms with E-state index < -0.39 is 24.9 Å². The molecule has 0 radical (unpaired) electrons. The Bertz CT molecular complexity index is 195. The Morgan fingerprint density at radius 1 is 1.43 bits per heavy atom. The van der Waals surface area contributed by atoms with Gasteiger partial charge in [-0.3, -0.25) is 9.69 Å². The van der Waals surface area contributed by atoms with Crippen LogP contribution in [0.5, 0.6) is 0 Å². The number of carboxylic acid groups (broad SMARTS) is 1. The summed E-state index contributed by atoms with van der Waals surface area (Å²) < 4.78 is 30.0. The van der Waals surface area contributed by atoms with E-state index in [2.05, 4.69) is 0 Å². The number of ether oxygens (including phenoxy) is 1. The van der Waals surface area contributed by atoms with Gasteiger partial charge in [0.15, 0.2) is 0 Å². The zero-order chi connectivity index (χ0) is 10.6. The van der Waals surface area contributed by atoms with Crippen molar-refractivity contribution in [2.24, 2.45) is 0 Å². The van der Waals surface area contributed by atoms with Gasteiger partial charge in [-0.2, -0.15) is 0 Å². The van der Waals surface area contributed by atoms with E-state index in [9.17, 15) is 13.6 Å². The molecule has 0 aromatic heterocycles. The Morgan fingerprint density at radius 3 is 2.43 bits per heavy atom. The minimum Gasteiger partial charge on any atom is -0.481 e. The summed E-state index contributed by atoms with van der Waals surface area (Å²) in [5.41, 5.74) is 0. The van der Waals surface area contributed by atoms with Crippen molar-refractivity contribution in [3.63, 3.8) is 0 Å². The molecule has 0 aliphatic carbocycles. The van der Waals surface area contributed by atoms with Gasteiger partial charge in [0.1, 0.15) is 0 Å². The molecule has 0 aromatic carbocycles. The van der Waals surface area contributed by atoms with Crippen LogP contribution in [-0.4, -0.2) is 54.7 Å². The zero-order valence-electron chi connectivity index (χ0n) is 7.66. The predicted molar refractivity (Wildman–Crippen MR) is 44.4 cm³/mol. The molecular formula is C8H13F2NO3. The molecule has 6 heteroatoms. The van der Waals surface area contributed by atoms with E-state index in [0.29, 0.717) is 26.3 Å². The highest BCUT2D eigenvalue weighted by molar-refractivity contribution is 5.67. The number of hydrogen-bond acceptors (Lipinski definition) is 3. The Labute approximate surface area is 80.4 Å². The monoisotopic (exact) mass is 209 g/mol. The van der Waals surface area contributed by atoms with Crippen molar-refractivity contribution < 1.29 is 23.4 Å². The van der Waals surface area contributed by atoms with Crippen molar-refractivity contribution in [1.29, 1.82) is 0 Å². The maximum absolute atomic E-state index is 12.5. The summed E-state index contributed by atoms with van der Waals surface area (Å²) >= 11 is 0. The van der Waals surface area contributed by atoms with Crippen molar-refractivity contribution in [3.8, 4) is 0 Å². The molecule has 1 rings (SSSR count). The maximum Gasteiger partial charge on any atom is 0.305 e. The van der Waals surface area contributed by atoms with Crippen molar-refractivity contribution in [2.45, 2.75) is 18.9 Å². The van der Waals surface area contributed by atoms with Gasteiger partial charge in [0, 0.05) is 13.1 Å².